The molecule has 1 amide bonds. The van der Waals surface area contributed by atoms with E-state index >= 15 is 0 Å². The van der Waals surface area contributed by atoms with Crippen molar-refractivity contribution in [1.29, 1.82) is 0 Å². The lowest BCUT2D eigenvalue weighted by Gasteiger charge is -2.18. The number of nitrogens with one attached hydrogen (secondary N) is 2. The number of rotatable bonds is 3. The van der Waals surface area contributed by atoms with Gasteiger partial charge in [-0.2, -0.15) is 5.10 Å². The summed E-state index contributed by atoms with van der Waals surface area (Å²) in [5.41, 5.74) is 3.18. The van der Waals surface area contributed by atoms with Crippen LogP contribution < -0.4 is 5.32 Å². The third-order valence-electron chi connectivity index (χ3n) is 3.66. The van der Waals surface area contributed by atoms with Gasteiger partial charge >= 0.3 is 0 Å². The van der Waals surface area contributed by atoms with Crippen LogP contribution >= 0.6 is 0 Å². The van der Waals surface area contributed by atoms with Crippen molar-refractivity contribution in [3.63, 3.8) is 0 Å². The maximum absolute atomic E-state index is 13.2. The zero-order chi connectivity index (χ0) is 14.8. The van der Waals surface area contributed by atoms with Gasteiger partial charge in [0.05, 0.1) is 0 Å². The number of nitrogens with zero attached hydrogens (tertiary/aromatic N) is 2. The fourth-order valence-electron chi connectivity index (χ4n) is 2.56. The van der Waals surface area contributed by atoms with Crippen LogP contribution in [0.3, 0.4) is 0 Å². The monoisotopic (exact) mass is 288 g/mol. The normalized spacial score (nSPS) is 13.8. The van der Waals surface area contributed by atoms with Crippen molar-refractivity contribution in [2.24, 2.45) is 0 Å². The Balaban J connectivity index is 1.77. The smallest absolute Gasteiger partial charge is 0.274 e. The van der Waals surface area contributed by atoms with Crippen LogP contribution in [-0.2, 0) is 19.5 Å². The van der Waals surface area contributed by atoms with Crippen molar-refractivity contribution in [3.05, 3.63) is 52.6 Å². The summed E-state index contributed by atoms with van der Waals surface area (Å²) in [5, 5.41) is 10.3. The summed E-state index contributed by atoms with van der Waals surface area (Å²) in [5.74, 6) is -0.449. The largest absolute Gasteiger partial charge is 0.336 e. The van der Waals surface area contributed by atoms with Gasteiger partial charge < -0.3 is 10.2 Å². The maximum atomic E-state index is 13.2. The van der Waals surface area contributed by atoms with Crippen molar-refractivity contribution >= 4 is 5.91 Å². The van der Waals surface area contributed by atoms with E-state index in [1.807, 2.05) is 0 Å². The second kappa shape index (κ2) is 5.65. The number of hydrogen-bond donors (Lipinski definition) is 2. The van der Waals surface area contributed by atoms with Crippen molar-refractivity contribution < 1.29 is 9.18 Å². The van der Waals surface area contributed by atoms with E-state index in [-0.39, 0.29) is 11.7 Å². The Morgan fingerprint density at radius 1 is 1.48 bits per heavy atom. The van der Waals surface area contributed by atoms with E-state index in [2.05, 4.69) is 15.5 Å². The van der Waals surface area contributed by atoms with Gasteiger partial charge in [0.1, 0.15) is 5.82 Å². The molecular formula is C15H17FN4O. The summed E-state index contributed by atoms with van der Waals surface area (Å²) < 4.78 is 13.2. The van der Waals surface area contributed by atoms with E-state index in [9.17, 15) is 9.18 Å². The average molecular weight is 288 g/mol. The Kier molecular flexibility index (Phi) is 3.70. The molecule has 1 aromatic heterocycles. The molecule has 0 saturated carbocycles. The van der Waals surface area contributed by atoms with Crippen LogP contribution in [0.2, 0.25) is 0 Å². The number of fused-ring (bicyclic) bond motifs is 1. The fourth-order valence-corrected chi connectivity index (χ4v) is 2.56. The Morgan fingerprint density at radius 2 is 2.33 bits per heavy atom. The Morgan fingerprint density at radius 3 is 3.14 bits per heavy atom. The van der Waals surface area contributed by atoms with Gasteiger partial charge in [0.15, 0.2) is 5.69 Å². The van der Waals surface area contributed by atoms with Crippen LogP contribution in [0.25, 0.3) is 0 Å². The molecule has 0 unspecified atom stereocenters. The zero-order valence-electron chi connectivity index (χ0n) is 11.8. The third kappa shape index (κ3) is 2.80. The molecule has 3 rings (SSSR count). The molecule has 0 fully saturated rings. The molecule has 0 radical (unpaired) electrons. The lowest BCUT2D eigenvalue weighted by molar-refractivity contribution is 0.0777. The van der Waals surface area contributed by atoms with Crippen LogP contribution in [0.5, 0.6) is 0 Å². The summed E-state index contributed by atoms with van der Waals surface area (Å²) in [7, 11) is 1.70. The van der Waals surface area contributed by atoms with E-state index in [4.69, 9.17) is 0 Å². The lowest BCUT2D eigenvalue weighted by atomic mass is 10.1. The summed E-state index contributed by atoms with van der Waals surface area (Å²) in [6, 6.07) is 6.27. The summed E-state index contributed by atoms with van der Waals surface area (Å²) >= 11 is 0. The first-order valence-corrected chi connectivity index (χ1v) is 6.92. The van der Waals surface area contributed by atoms with Crippen molar-refractivity contribution in [2.45, 2.75) is 19.5 Å². The molecule has 6 heteroatoms. The number of carbonyl (C=O) groups is 1. The minimum atomic E-state index is -0.297. The lowest BCUT2D eigenvalue weighted by Crippen LogP contribution is -2.30. The van der Waals surface area contributed by atoms with Crippen LogP contribution in [0.15, 0.2) is 24.3 Å². The number of benzene rings is 1. The van der Waals surface area contributed by atoms with Crippen molar-refractivity contribution in [3.8, 4) is 0 Å². The van der Waals surface area contributed by atoms with E-state index in [0.29, 0.717) is 18.8 Å². The molecule has 110 valence electrons. The highest BCUT2D eigenvalue weighted by Crippen LogP contribution is 2.17. The minimum Gasteiger partial charge on any atom is -0.336 e. The van der Waals surface area contributed by atoms with Gasteiger partial charge in [0, 0.05) is 44.4 Å². The van der Waals surface area contributed by atoms with Gasteiger partial charge in [-0.3, -0.25) is 9.89 Å². The first kappa shape index (κ1) is 13.8. The highest BCUT2D eigenvalue weighted by Gasteiger charge is 2.23. The first-order valence-electron chi connectivity index (χ1n) is 6.92. The van der Waals surface area contributed by atoms with Gasteiger partial charge in [0.25, 0.3) is 5.91 Å². The molecule has 1 aliphatic rings. The maximum Gasteiger partial charge on any atom is 0.274 e. The van der Waals surface area contributed by atoms with Gasteiger partial charge in [-0.25, -0.2) is 4.39 Å². The van der Waals surface area contributed by atoms with Gasteiger partial charge in [-0.05, 0) is 17.7 Å². The Hall–Kier alpha value is -2.21. The Labute approximate surface area is 122 Å². The van der Waals surface area contributed by atoms with Crippen LogP contribution in [-0.4, -0.2) is 34.6 Å². The third-order valence-corrected chi connectivity index (χ3v) is 3.66. The number of amides is 1. The molecule has 0 bridgehead atoms. The number of H-pyrrole nitrogens is 1. The summed E-state index contributed by atoms with van der Waals surface area (Å²) in [4.78, 5) is 14.0. The van der Waals surface area contributed by atoms with Gasteiger partial charge in [0.2, 0.25) is 0 Å². The number of halogens is 1. The molecular weight excluding hydrogens is 271 g/mol. The standard InChI is InChI=1S/C15H17FN4O/c1-20(9-10-3-2-4-11(16)7-10)15(21)14-12-8-17-6-5-13(12)18-19-14/h2-4,7,17H,5-6,8-9H2,1H3,(H,18,19). The topological polar surface area (TPSA) is 61.0 Å². The van der Waals surface area contributed by atoms with E-state index in [0.717, 1.165) is 29.8 Å². The number of aromatic nitrogens is 2. The van der Waals surface area contributed by atoms with E-state index in [1.54, 1.807) is 24.1 Å². The number of hydrogen-bond acceptors (Lipinski definition) is 3. The fraction of sp³-hybridized carbons (Fsp3) is 0.333. The molecule has 2 N–H and O–H groups in total. The highest BCUT2D eigenvalue weighted by atomic mass is 19.1. The zero-order valence-corrected chi connectivity index (χ0v) is 11.8. The molecule has 0 aliphatic carbocycles. The van der Waals surface area contributed by atoms with Crippen molar-refractivity contribution in [1.82, 2.24) is 20.4 Å². The molecule has 2 aromatic rings. The molecule has 0 atom stereocenters. The average Bonchev–Trinajstić information content (AvgIpc) is 2.90. The Bertz CT molecular complexity index is 667. The van der Waals surface area contributed by atoms with E-state index < -0.39 is 0 Å². The second-order valence-electron chi connectivity index (χ2n) is 5.25. The summed E-state index contributed by atoms with van der Waals surface area (Å²) in [6.45, 7) is 1.90. The molecule has 1 aromatic carbocycles. The summed E-state index contributed by atoms with van der Waals surface area (Å²) in [6.07, 6.45) is 0.850. The molecule has 1 aliphatic heterocycles. The van der Waals surface area contributed by atoms with Gasteiger partial charge in [-0.15, -0.1) is 0 Å². The number of aromatic amines is 1. The molecule has 0 saturated heterocycles. The van der Waals surface area contributed by atoms with Crippen LogP contribution in [0, 0.1) is 5.82 Å². The predicted octanol–water partition coefficient (Wildman–Crippen LogP) is 1.47. The van der Waals surface area contributed by atoms with E-state index in [1.165, 1.54) is 12.1 Å². The van der Waals surface area contributed by atoms with Crippen molar-refractivity contribution in [2.75, 3.05) is 13.6 Å². The molecule has 2 heterocycles. The second-order valence-corrected chi connectivity index (χ2v) is 5.25. The minimum absolute atomic E-state index is 0.152. The quantitative estimate of drug-likeness (QED) is 0.899. The van der Waals surface area contributed by atoms with Gasteiger partial charge in [-0.1, -0.05) is 12.1 Å². The molecule has 5 nitrogen and oxygen atoms in total. The first-order chi connectivity index (χ1) is 10.1. The molecule has 21 heavy (non-hydrogen) atoms. The van der Waals surface area contributed by atoms with Crippen LogP contribution in [0.4, 0.5) is 4.39 Å². The SMILES string of the molecule is CN(Cc1cccc(F)c1)C(=O)c1n[nH]c2c1CNCC2. The predicted molar refractivity (Wildman–Crippen MR) is 76.2 cm³/mol. The molecule has 0 spiro atoms. The highest BCUT2D eigenvalue weighted by molar-refractivity contribution is 5.93. The number of carbonyl (C=O) groups excluding carboxylic acids is 1. The van der Waals surface area contributed by atoms with Crippen LogP contribution in [0.1, 0.15) is 27.3 Å².